The van der Waals surface area contributed by atoms with Crippen molar-refractivity contribution in [1.29, 1.82) is 0 Å². The number of rotatable bonds is 3. The Morgan fingerprint density at radius 3 is 2.20 bits per heavy atom. The average molecular weight is 210 g/mol. The molecule has 2 rings (SSSR count). The summed E-state index contributed by atoms with van der Waals surface area (Å²) in [5, 5.41) is 0. The van der Waals surface area contributed by atoms with Crippen LogP contribution in [0.25, 0.3) is 0 Å². The van der Waals surface area contributed by atoms with Crippen LogP contribution in [0.4, 0.5) is 0 Å². The molecule has 1 saturated carbocycles. The second kappa shape index (κ2) is 4.42. The molecule has 0 aromatic carbocycles. The van der Waals surface area contributed by atoms with E-state index in [0.29, 0.717) is 5.41 Å². The average Bonchev–Trinajstić information content (AvgIpc) is 2.16. The molecule has 2 aliphatic rings. The molecule has 15 heavy (non-hydrogen) atoms. The summed E-state index contributed by atoms with van der Waals surface area (Å²) in [5.74, 6) is 0.931. The van der Waals surface area contributed by atoms with Gasteiger partial charge in [-0.2, -0.15) is 0 Å². The van der Waals surface area contributed by atoms with Gasteiger partial charge in [-0.1, -0.05) is 13.8 Å². The second-order valence-electron chi connectivity index (χ2n) is 6.32. The van der Waals surface area contributed by atoms with Gasteiger partial charge in [0.25, 0.3) is 0 Å². The summed E-state index contributed by atoms with van der Waals surface area (Å²) >= 11 is 0. The standard InChI is InChI=1S/C13H26N2/c1-13(2)9-15(10-13)12-5-3-11(4-6-12)7-8-14/h11-12H,3-10,14H2,1-2H3. The smallest absolute Gasteiger partial charge is 0.00959 e. The van der Waals surface area contributed by atoms with Gasteiger partial charge in [0.1, 0.15) is 0 Å². The third kappa shape index (κ3) is 2.73. The first kappa shape index (κ1) is 11.4. The van der Waals surface area contributed by atoms with Gasteiger partial charge in [-0.25, -0.2) is 0 Å². The molecule has 2 nitrogen and oxygen atoms in total. The minimum absolute atomic E-state index is 0.591. The van der Waals surface area contributed by atoms with Crippen LogP contribution in [0, 0.1) is 11.3 Å². The van der Waals surface area contributed by atoms with Gasteiger partial charge >= 0.3 is 0 Å². The van der Waals surface area contributed by atoms with Crippen LogP contribution in [0.15, 0.2) is 0 Å². The zero-order valence-electron chi connectivity index (χ0n) is 10.3. The van der Waals surface area contributed by atoms with E-state index in [2.05, 4.69) is 18.7 Å². The molecule has 0 atom stereocenters. The first-order valence-electron chi connectivity index (χ1n) is 6.55. The van der Waals surface area contributed by atoms with Gasteiger partial charge in [-0.3, -0.25) is 4.90 Å². The van der Waals surface area contributed by atoms with Crippen molar-refractivity contribution in [3.8, 4) is 0 Å². The predicted molar refractivity (Wildman–Crippen MR) is 64.8 cm³/mol. The summed E-state index contributed by atoms with van der Waals surface area (Å²) in [6.45, 7) is 8.28. The van der Waals surface area contributed by atoms with Crippen LogP contribution in [-0.4, -0.2) is 30.6 Å². The maximum Gasteiger partial charge on any atom is 0.00959 e. The minimum Gasteiger partial charge on any atom is -0.330 e. The Bertz CT molecular complexity index is 197. The molecule has 0 radical (unpaired) electrons. The summed E-state index contributed by atoms with van der Waals surface area (Å²) in [5.41, 5.74) is 6.21. The van der Waals surface area contributed by atoms with Crippen LogP contribution in [0.5, 0.6) is 0 Å². The highest BCUT2D eigenvalue weighted by Crippen LogP contribution is 2.36. The second-order valence-corrected chi connectivity index (χ2v) is 6.32. The number of hydrogen-bond acceptors (Lipinski definition) is 2. The third-order valence-corrected chi connectivity index (χ3v) is 4.17. The van der Waals surface area contributed by atoms with E-state index in [0.717, 1.165) is 18.5 Å². The van der Waals surface area contributed by atoms with Crippen molar-refractivity contribution < 1.29 is 0 Å². The highest BCUT2D eigenvalue weighted by molar-refractivity contribution is 4.93. The SMILES string of the molecule is CC1(C)CN(C2CCC(CCN)CC2)C1. The lowest BCUT2D eigenvalue weighted by molar-refractivity contribution is -0.0224. The lowest BCUT2D eigenvalue weighted by atomic mass is 9.78. The van der Waals surface area contributed by atoms with E-state index in [-0.39, 0.29) is 0 Å². The fourth-order valence-electron chi connectivity index (χ4n) is 3.35. The highest BCUT2D eigenvalue weighted by atomic mass is 15.2. The van der Waals surface area contributed by atoms with Crippen molar-refractivity contribution in [2.45, 2.75) is 52.0 Å². The molecular formula is C13H26N2. The Kier molecular flexibility index (Phi) is 3.36. The lowest BCUT2D eigenvalue weighted by Crippen LogP contribution is -2.57. The van der Waals surface area contributed by atoms with Crippen LogP contribution in [0.1, 0.15) is 46.0 Å². The number of likely N-dealkylation sites (tertiary alicyclic amines) is 1. The number of nitrogens with two attached hydrogens (primary N) is 1. The molecule has 1 saturated heterocycles. The van der Waals surface area contributed by atoms with E-state index in [9.17, 15) is 0 Å². The molecule has 0 spiro atoms. The maximum atomic E-state index is 5.62. The van der Waals surface area contributed by atoms with E-state index in [1.54, 1.807) is 0 Å². The van der Waals surface area contributed by atoms with E-state index in [4.69, 9.17) is 5.73 Å². The van der Waals surface area contributed by atoms with Crippen LogP contribution < -0.4 is 5.73 Å². The zero-order chi connectivity index (χ0) is 10.9. The van der Waals surface area contributed by atoms with Gasteiger partial charge in [0.05, 0.1) is 0 Å². The third-order valence-electron chi connectivity index (χ3n) is 4.17. The Labute approximate surface area is 94.2 Å². The van der Waals surface area contributed by atoms with Crippen molar-refractivity contribution >= 4 is 0 Å². The summed E-state index contributed by atoms with van der Waals surface area (Å²) in [6, 6.07) is 0.895. The molecule has 0 bridgehead atoms. The molecular weight excluding hydrogens is 184 g/mol. The van der Waals surface area contributed by atoms with Crippen LogP contribution in [0.2, 0.25) is 0 Å². The summed E-state index contributed by atoms with van der Waals surface area (Å²) in [6.07, 6.45) is 6.91. The molecule has 1 aliphatic heterocycles. The van der Waals surface area contributed by atoms with E-state index in [1.807, 2.05) is 0 Å². The highest BCUT2D eigenvalue weighted by Gasteiger charge is 2.38. The molecule has 0 unspecified atom stereocenters. The molecule has 1 aliphatic carbocycles. The summed E-state index contributed by atoms with van der Waals surface area (Å²) < 4.78 is 0. The van der Waals surface area contributed by atoms with Gasteiger partial charge in [-0.05, 0) is 50.0 Å². The first-order valence-corrected chi connectivity index (χ1v) is 6.55. The zero-order valence-corrected chi connectivity index (χ0v) is 10.3. The monoisotopic (exact) mass is 210 g/mol. The van der Waals surface area contributed by atoms with Crippen LogP contribution in [-0.2, 0) is 0 Å². The van der Waals surface area contributed by atoms with Crippen molar-refractivity contribution in [2.75, 3.05) is 19.6 Å². The van der Waals surface area contributed by atoms with Crippen molar-refractivity contribution in [3.05, 3.63) is 0 Å². The Balaban J connectivity index is 1.70. The topological polar surface area (TPSA) is 29.3 Å². The van der Waals surface area contributed by atoms with Crippen molar-refractivity contribution in [2.24, 2.45) is 17.1 Å². The van der Waals surface area contributed by atoms with Crippen molar-refractivity contribution in [3.63, 3.8) is 0 Å². The summed E-state index contributed by atoms with van der Waals surface area (Å²) in [4.78, 5) is 2.69. The minimum atomic E-state index is 0.591. The van der Waals surface area contributed by atoms with Gasteiger partial charge in [0.2, 0.25) is 0 Å². The number of nitrogens with zero attached hydrogens (tertiary/aromatic N) is 1. The number of hydrogen-bond donors (Lipinski definition) is 1. The molecule has 2 heteroatoms. The molecule has 2 fully saturated rings. The molecule has 0 aromatic rings. The first-order chi connectivity index (χ1) is 7.11. The van der Waals surface area contributed by atoms with Crippen LogP contribution >= 0.6 is 0 Å². The Morgan fingerprint density at radius 2 is 1.73 bits per heavy atom. The predicted octanol–water partition coefficient (Wildman–Crippen LogP) is 2.24. The van der Waals surface area contributed by atoms with E-state index >= 15 is 0 Å². The fourth-order valence-corrected chi connectivity index (χ4v) is 3.35. The fraction of sp³-hybridized carbons (Fsp3) is 1.00. The lowest BCUT2D eigenvalue weighted by Gasteiger charge is -2.51. The summed E-state index contributed by atoms with van der Waals surface area (Å²) in [7, 11) is 0. The largest absolute Gasteiger partial charge is 0.330 e. The molecule has 1 heterocycles. The van der Waals surface area contributed by atoms with Gasteiger partial charge < -0.3 is 5.73 Å². The van der Waals surface area contributed by atoms with E-state index < -0.39 is 0 Å². The molecule has 0 amide bonds. The molecule has 88 valence electrons. The maximum absolute atomic E-state index is 5.62. The van der Waals surface area contributed by atoms with Gasteiger partial charge in [0, 0.05) is 19.1 Å². The van der Waals surface area contributed by atoms with Crippen molar-refractivity contribution in [1.82, 2.24) is 4.90 Å². The quantitative estimate of drug-likeness (QED) is 0.774. The molecule has 0 aromatic heterocycles. The van der Waals surface area contributed by atoms with Crippen LogP contribution in [0.3, 0.4) is 0 Å². The Hall–Kier alpha value is -0.0800. The van der Waals surface area contributed by atoms with E-state index in [1.165, 1.54) is 45.2 Å². The van der Waals surface area contributed by atoms with Gasteiger partial charge in [0.15, 0.2) is 0 Å². The normalized spacial score (nSPS) is 36.2. The molecule has 2 N–H and O–H groups in total. The Morgan fingerprint density at radius 1 is 1.13 bits per heavy atom. The van der Waals surface area contributed by atoms with Gasteiger partial charge in [-0.15, -0.1) is 0 Å².